The van der Waals surface area contributed by atoms with E-state index < -0.39 is 17.7 Å². The summed E-state index contributed by atoms with van der Waals surface area (Å²) in [5, 5.41) is 11.6. The van der Waals surface area contributed by atoms with Gasteiger partial charge in [-0.2, -0.15) is 0 Å². The number of rotatable bonds is 13. The van der Waals surface area contributed by atoms with E-state index >= 15 is 0 Å². The molecule has 1 heterocycles. The van der Waals surface area contributed by atoms with Crippen LogP contribution in [-0.4, -0.2) is 81.7 Å². The molecular formula is C30H40N2O7. The molecule has 1 N–H and O–H groups in total. The molecule has 0 aliphatic carbocycles. The predicted molar refractivity (Wildman–Crippen MR) is 150 cm³/mol. The molecule has 39 heavy (non-hydrogen) atoms. The van der Waals surface area contributed by atoms with E-state index in [0.29, 0.717) is 53.7 Å². The number of amides is 1. The highest BCUT2D eigenvalue weighted by Crippen LogP contribution is 2.46. The van der Waals surface area contributed by atoms with Gasteiger partial charge < -0.3 is 33.9 Å². The molecule has 0 bridgehead atoms. The van der Waals surface area contributed by atoms with E-state index in [4.69, 9.17) is 18.9 Å². The summed E-state index contributed by atoms with van der Waals surface area (Å²) in [5.74, 6) is 0.210. The summed E-state index contributed by atoms with van der Waals surface area (Å²) in [5.41, 5.74) is 1.76. The normalized spacial score (nSPS) is 16.6. The lowest BCUT2D eigenvalue weighted by atomic mass is 9.93. The summed E-state index contributed by atoms with van der Waals surface area (Å²) < 4.78 is 22.3. The minimum atomic E-state index is -0.847. The van der Waals surface area contributed by atoms with Crippen LogP contribution in [0.15, 0.2) is 35.9 Å². The third kappa shape index (κ3) is 6.47. The van der Waals surface area contributed by atoms with Crippen molar-refractivity contribution in [2.75, 3.05) is 55.1 Å². The van der Waals surface area contributed by atoms with Gasteiger partial charge in [-0.3, -0.25) is 9.59 Å². The monoisotopic (exact) mass is 540 g/mol. The molecular weight excluding hydrogens is 500 g/mol. The van der Waals surface area contributed by atoms with E-state index in [2.05, 4.69) is 6.92 Å². The molecule has 1 aliphatic rings. The first-order chi connectivity index (χ1) is 18.7. The zero-order valence-corrected chi connectivity index (χ0v) is 24.0. The van der Waals surface area contributed by atoms with Gasteiger partial charge in [-0.05, 0) is 81.9 Å². The summed E-state index contributed by atoms with van der Waals surface area (Å²) >= 11 is 0. The highest BCUT2D eigenvalue weighted by molar-refractivity contribution is 6.46. The largest absolute Gasteiger partial charge is 0.507 e. The number of carbonyl (C=O) groups excluding carboxylic acids is 2. The van der Waals surface area contributed by atoms with Crippen LogP contribution in [0.2, 0.25) is 0 Å². The molecule has 9 heteroatoms. The van der Waals surface area contributed by atoms with Crippen LogP contribution in [0.1, 0.15) is 48.9 Å². The number of Topliss-reactive ketones (excluding diaryl/α,β-unsaturated/α-hetero) is 1. The number of methoxy groups -OCH3 is 3. The van der Waals surface area contributed by atoms with Gasteiger partial charge in [-0.25, -0.2) is 0 Å². The van der Waals surface area contributed by atoms with Gasteiger partial charge in [0.25, 0.3) is 11.7 Å². The van der Waals surface area contributed by atoms with E-state index in [9.17, 15) is 14.7 Å². The molecule has 3 rings (SSSR count). The zero-order chi connectivity index (χ0) is 28.7. The molecule has 1 aliphatic heterocycles. The van der Waals surface area contributed by atoms with Crippen molar-refractivity contribution in [2.45, 2.75) is 39.2 Å². The molecule has 2 aromatic carbocycles. The first-order valence-electron chi connectivity index (χ1n) is 13.1. The van der Waals surface area contributed by atoms with E-state index in [1.54, 1.807) is 24.3 Å². The van der Waals surface area contributed by atoms with Crippen LogP contribution in [0, 0.1) is 6.92 Å². The summed E-state index contributed by atoms with van der Waals surface area (Å²) in [4.78, 5) is 30.3. The number of ether oxygens (including phenoxy) is 4. The van der Waals surface area contributed by atoms with Gasteiger partial charge in [-0.15, -0.1) is 0 Å². The van der Waals surface area contributed by atoms with E-state index in [-0.39, 0.29) is 11.3 Å². The van der Waals surface area contributed by atoms with Crippen molar-refractivity contribution >= 4 is 17.4 Å². The van der Waals surface area contributed by atoms with E-state index in [1.165, 1.54) is 26.2 Å². The number of hydrogen-bond donors (Lipinski definition) is 1. The van der Waals surface area contributed by atoms with Gasteiger partial charge in [0.2, 0.25) is 5.75 Å². The maximum absolute atomic E-state index is 13.5. The van der Waals surface area contributed by atoms with E-state index in [0.717, 1.165) is 24.9 Å². The fourth-order valence-corrected chi connectivity index (χ4v) is 4.74. The van der Waals surface area contributed by atoms with Gasteiger partial charge in [-0.1, -0.05) is 13.3 Å². The first-order valence-corrected chi connectivity index (χ1v) is 13.1. The third-order valence-electron chi connectivity index (χ3n) is 6.77. The molecule has 1 atom stereocenters. The van der Waals surface area contributed by atoms with Gasteiger partial charge in [0.1, 0.15) is 11.5 Å². The quantitative estimate of drug-likeness (QED) is 0.171. The van der Waals surface area contributed by atoms with Gasteiger partial charge in [0.15, 0.2) is 11.5 Å². The lowest BCUT2D eigenvalue weighted by Gasteiger charge is -2.27. The van der Waals surface area contributed by atoms with Crippen LogP contribution >= 0.6 is 0 Å². The molecule has 1 saturated heterocycles. The highest BCUT2D eigenvalue weighted by Gasteiger charge is 2.46. The number of carbonyl (C=O) groups is 2. The lowest BCUT2D eigenvalue weighted by molar-refractivity contribution is -0.139. The number of aliphatic hydroxyl groups is 1. The number of ketones is 1. The predicted octanol–water partition coefficient (Wildman–Crippen LogP) is 4.57. The number of unbranched alkanes of at least 4 members (excludes halogenated alkanes) is 1. The molecule has 0 saturated carbocycles. The SMILES string of the molecule is CCCCOc1ccc(C(O)=C2C(=O)C(=O)N(CCCN(C)C)[C@@H]2c2cc(OC)c(OC)c(OC)c2)c(C)c1. The maximum atomic E-state index is 13.5. The summed E-state index contributed by atoms with van der Waals surface area (Å²) in [6.07, 6.45) is 2.60. The Kier molecular flexibility index (Phi) is 10.2. The lowest BCUT2D eigenvalue weighted by Crippen LogP contribution is -2.32. The molecule has 2 aromatic rings. The smallest absolute Gasteiger partial charge is 0.295 e. The molecule has 0 unspecified atom stereocenters. The molecule has 212 valence electrons. The summed E-state index contributed by atoms with van der Waals surface area (Å²) in [7, 11) is 8.41. The molecule has 0 aromatic heterocycles. The van der Waals surface area contributed by atoms with Crippen molar-refractivity contribution in [3.05, 3.63) is 52.6 Å². The minimum absolute atomic E-state index is 0.0156. The summed E-state index contributed by atoms with van der Waals surface area (Å²) in [6.45, 7) is 5.58. The molecule has 1 fully saturated rings. The van der Waals surface area contributed by atoms with Gasteiger partial charge in [0.05, 0.1) is 39.6 Å². The molecule has 0 radical (unpaired) electrons. The topological polar surface area (TPSA) is 97.8 Å². The Bertz CT molecular complexity index is 1200. The van der Waals surface area contributed by atoms with Crippen LogP contribution in [0.5, 0.6) is 23.0 Å². The third-order valence-corrected chi connectivity index (χ3v) is 6.77. The van der Waals surface area contributed by atoms with Crippen LogP contribution in [0.3, 0.4) is 0 Å². The van der Waals surface area contributed by atoms with Crippen molar-refractivity contribution in [3.63, 3.8) is 0 Å². The second-order valence-electron chi connectivity index (χ2n) is 9.79. The molecule has 1 amide bonds. The van der Waals surface area contributed by atoms with Crippen molar-refractivity contribution in [2.24, 2.45) is 0 Å². The van der Waals surface area contributed by atoms with Crippen molar-refractivity contribution in [1.29, 1.82) is 0 Å². The second kappa shape index (κ2) is 13.4. The molecule has 9 nitrogen and oxygen atoms in total. The summed E-state index contributed by atoms with van der Waals surface area (Å²) in [6, 6.07) is 7.88. The van der Waals surface area contributed by atoms with Crippen LogP contribution in [-0.2, 0) is 9.59 Å². The average molecular weight is 541 g/mol. The number of nitrogens with zero attached hydrogens (tertiary/aromatic N) is 2. The van der Waals surface area contributed by atoms with Gasteiger partial charge in [0, 0.05) is 12.1 Å². The van der Waals surface area contributed by atoms with Crippen LogP contribution < -0.4 is 18.9 Å². The highest BCUT2D eigenvalue weighted by atomic mass is 16.5. The first kappa shape index (κ1) is 29.8. The maximum Gasteiger partial charge on any atom is 0.295 e. The Balaban J connectivity index is 2.16. The van der Waals surface area contributed by atoms with E-state index in [1.807, 2.05) is 32.0 Å². The van der Waals surface area contributed by atoms with Crippen molar-refractivity contribution in [1.82, 2.24) is 9.80 Å². The standard InChI is InChI=1S/C30H40N2O7/c1-8-9-15-39-21-11-12-22(19(2)16-21)27(33)25-26(32(30(35)28(25)34)14-10-13-31(3)4)20-17-23(36-5)29(38-7)24(18-20)37-6/h11-12,16-18,26,33H,8-10,13-15H2,1-7H3/t26-/m1/s1. The number of aliphatic hydroxyl groups excluding tert-OH is 1. The Hall–Kier alpha value is -3.72. The number of benzene rings is 2. The van der Waals surface area contributed by atoms with Gasteiger partial charge >= 0.3 is 0 Å². The number of hydrogen-bond acceptors (Lipinski definition) is 8. The zero-order valence-electron chi connectivity index (χ0n) is 24.0. The number of aryl methyl sites for hydroxylation is 1. The Labute approximate surface area is 230 Å². The number of likely N-dealkylation sites (tertiary alicyclic amines) is 1. The average Bonchev–Trinajstić information content (AvgIpc) is 3.17. The van der Waals surface area contributed by atoms with Crippen molar-refractivity contribution in [3.8, 4) is 23.0 Å². The Morgan fingerprint density at radius 3 is 2.21 bits per heavy atom. The fraction of sp³-hybridized carbons (Fsp3) is 0.467. The van der Waals surface area contributed by atoms with Crippen LogP contribution in [0.4, 0.5) is 0 Å². The van der Waals surface area contributed by atoms with Crippen molar-refractivity contribution < 1.29 is 33.6 Å². The Morgan fingerprint density at radius 1 is 1.00 bits per heavy atom. The molecule has 0 spiro atoms. The Morgan fingerprint density at radius 2 is 1.67 bits per heavy atom. The van der Waals surface area contributed by atoms with Crippen LogP contribution in [0.25, 0.3) is 5.76 Å². The fourth-order valence-electron chi connectivity index (χ4n) is 4.74. The second-order valence-corrected chi connectivity index (χ2v) is 9.79. The minimum Gasteiger partial charge on any atom is -0.507 e.